The van der Waals surface area contributed by atoms with Gasteiger partial charge in [-0.3, -0.25) is 4.79 Å². The van der Waals surface area contributed by atoms with Gasteiger partial charge < -0.3 is 18.5 Å². The molecule has 0 aromatic carbocycles. The average molecular weight is 317 g/mol. The van der Waals surface area contributed by atoms with Gasteiger partial charge in [-0.25, -0.2) is 0 Å². The van der Waals surface area contributed by atoms with Crippen LogP contribution in [0.25, 0.3) is 0 Å². The number of likely N-dealkylation sites (tertiary alicyclic amines) is 1. The Kier molecular flexibility index (Phi) is 3.26. The Bertz CT molecular complexity index is 737. The second-order valence-corrected chi connectivity index (χ2v) is 6.32. The van der Waals surface area contributed by atoms with E-state index in [-0.39, 0.29) is 12.0 Å². The molecule has 7 nitrogen and oxygen atoms in total. The molecule has 2 saturated heterocycles. The van der Waals surface area contributed by atoms with Gasteiger partial charge in [0.05, 0.1) is 11.5 Å². The normalized spacial score (nSPS) is 27.2. The molecule has 0 bridgehead atoms. The number of amides is 1. The van der Waals surface area contributed by atoms with Crippen LogP contribution in [0, 0.1) is 13.8 Å². The lowest BCUT2D eigenvalue weighted by atomic mass is 9.76. The van der Waals surface area contributed by atoms with Crippen LogP contribution in [0.5, 0.6) is 0 Å². The first-order valence-electron chi connectivity index (χ1n) is 7.86. The molecule has 0 N–H and O–H groups in total. The maximum atomic E-state index is 12.7. The zero-order chi connectivity index (χ0) is 16.0. The molecule has 0 unspecified atom stereocenters. The molecular formula is C16H19N3O4. The Morgan fingerprint density at radius 1 is 1.30 bits per heavy atom. The van der Waals surface area contributed by atoms with Gasteiger partial charge in [0.15, 0.2) is 5.76 Å². The molecule has 23 heavy (non-hydrogen) atoms. The van der Waals surface area contributed by atoms with Crippen molar-refractivity contribution < 1.29 is 18.4 Å². The molecule has 2 aromatic heterocycles. The summed E-state index contributed by atoms with van der Waals surface area (Å²) in [4.78, 5) is 14.5. The van der Waals surface area contributed by atoms with Crippen LogP contribution in [0.4, 0.5) is 0 Å². The van der Waals surface area contributed by atoms with Crippen LogP contribution in [0.1, 0.15) is 40.9 Å². The number of furan rings is 1. The number of hydrogen-bond donors (Lipinski definition) is 0. The average Bonchev–Trinajstić information content (AvgIpc) is 3.25. The number of aromatic nitrogens is 2. The summed E-state index contributed by atoms with van der Waals surface area (Å²) in [5.41, 5.74) is -0.406. The quantitative estimate of drug-likeness (QED) is 0.841. The number of hydrogen-bond acceptors (Lipinski definition) is 6. The number of piperidine rings is 1. The van der Waals surface area contributed by atoms with E-state index in [1.165, 1.54) is 0 Å². The monoisotopic (exact) mass is 317 g/mol. The van der Waals surface area contributed by atoms with Gasteiger partial charge in [0.25, 0.3) is 5.91 Å². The molecule has 2 aliphatic rings. The largest absolute Gasteiger partial charge is 0.456 e. The Morgan fingerprint density at radius 3 is 2.87 bits per heavy atom. The highest BCUT2D eigenvalue weighted by Crippen LogP contribution is 2.43. The summed E-state index contributed by atoms with van der Waals surface area (Å²) < 4.78 is 17.1. The third kappa shape index (κ3) is 2.26. The van der Waals surface area contributed by atoms with Crippen molar-refractivity contribution in [3.8, 4) is 0 Å². The summed E-state index contributed by atoms with van der Waals surface area (Å²) in [7, 11) is 0. The van der Waals surface area contributed by atoms with E-state index in [4.69, 9.17) is 13.6 Å². The molecule has 122 valence electrons. The second-order valence-electron chi connectivity index (χ2n) is 6.32. The predicted octanol–water partition coefficient (Wildman–Crippen LogP) is 1.85. The van der Waals surface area contributed by atoms with E-state index in [1.54, 1.807) is 19.1 Å². The van der Waals surface area contributed by atoms with E-state index in [0.29, 0.717) is 37.2 Å². The number of nitrogens with zero attached hydrogens (tertiary/aromatic N) is 3. The van der Waals surface area contributed by atoms with Crippen molar-refractivity contribution in [3.05, 3.63) is 35.4 Å². The number of rotatable bonds is 2. The molecule has 0 saturated carbocycles. The summed E-state index contributed by atoms with van der Waals surface area (Å²) >= 11 is 0. The fourth-order valence-electron chi connectivity index (χ4n) is 3.63. The van der Waals surface area contributed by atoms with Gasteiger partial charge >= 0.3 is 0 Å². The SMILES string of the molecule is Cc1ccc(C(=O)N2CC[C@H]3OCC[C@@]3(c3nnc(C)o3)C2)o1. The summed E-state index contributed by atoms with van der Waals surface area (Å²) in [5, 5.41) is 8.17. The number of ether oxygens (including phenoxy) is 1. The summed E-state index contributed by atoms with van der Waals surface area (Å²) in [6.45, 7) is 5.40. The molecule has 2 aromatic rings. The molecule has 2 atom stereocenters. The highest BCUT2D eigenvalue weighted by Gasteiger charge is 2.53. The number of carbonyl (C=O) groups is 1. The number of aryl methyl sites for hydroxylation is 2. The van der Waals surface area contributed by atoms with Crippen LogP contribution in [0.3, 0.4) is 0 Å². The van der Waals surface area contributed by atoms with Crippen molar-refractivity contribution in [1.82, 2.24) is 15.1 Å². The Labute approximate surface area is 133 Å². The molecule has 7 heteroatoms. The van der Waals surface area contributed by atoms with Crippen molar-refractivity contribution in [2.24, 2.45) is 0 Å². The Balaban J connectivity index is 1.64. The highest BCUT2D eigenvalue weighted by molar-refractivity contribution is 5.91. The number of fused-ring (bicyclic) bond motifs is 1. The molecule has 0 radical (unpaired) electrons. The third-order valence-electron chi connectivity index (χ3n) is 4.81. The van der Waals surface area contributed by atoms with Crippen molar-refractivity contribution in [1.29, 1.82) is 0 Å². The van der Waals surface area contributed by atoms with Gasteiger partial charge in [-0.15, -0.1) is 10.2 Å². The van der Waals surface area contributed by atoms with Gasteiger partial charge in [-0.1, -0.05) is 0 Å². The maximum Gasteiger partial charge on any atom is 0.289 e. The van der Waals surface area contributed by atoms with Crippen LogP contribution < -0.4 is 0 Å². The fourth-order valence-corrected chi connectivity index (χ4v) is 3.63. The Morgan fingerprint density at radius 2 is 2.17 bits per heavy atom. The lowest BCUT2D eigenvalue weighted by Crippen LogP contribution is -2.54. The van der Waals surface area contributed by atoms with E-state index < -0.39 is 5.41 Å². The Hall–Kier alpha value is -2.15. The van der Waals surface area contributed by atoms with E-state index in [2.05, 4.69) is 10.2 Å². The molecule has 2 aliphatic heterocycles. The fraction of sp³-hybridized carbons (Fsp3) is 0.562. The first kappa shape index (κ1) is 14.4. The van der Waals surface area contributed by atoms with E-state index in [1.807, 2.05) is 11.8 Å². The summed E-state index contributed by atoms with van der Waals surface area (Å²) in [5.74, 6) is 2.11. The number of carbonyl (C=O) groups excluding carboxylic acids is 1. The van der Waals surface area contributed by atoms with Gasteiger partial charge in [0, 0.05) is 26.6 Å². The van der Waals surface area contributed by atoms with E-state index in [9.17, 15) is 4.79 Å². The molecule has 0 spiro atoms. The van der Waals surface area contributed by atoms with Gasteiger partial charge in [0.2, 0.25) is 11.8 Å². The van der Waals surface area contributed by atoms with Crippen LogP contribution in [0.2, 0.25) is 0 Å². The van der Waals surface area contributed by atoms with Gasteiger partial charge in [-0.05, 0) is 31.9 Å². The molecular weight excluding hydrogens is 298 g/mol. The minimum atomic E-state index is -0.406. The lowest BCUT2D eigenvalue weighted by molar-refractivity contribution is 0.00848. The minimum absolute atomic E-state index is 0.0183. The maximum absolute atomic E-state index is 12.7. The summed E-state index contributed by atoms with van der Waals surface area (Å²) in [6.07, 6.45) is 1.55. The molecule has 4 heterocycles. The first-order chi connectivity index (χ1) is 11.1. The highest BCUT2D eigenvalue weighted by atomic mass is 16.5. The van der Waals surface area contributed by atoms with Gasteiger partial charge in [-0.2, -0.15) is 0 Å². The molecule has 4 rings (SSSR count). The van der Waals surface area contributed by atoms with Crippen molar-refractivity contribution in [3.63, 3.8) is 0 Å². The van der Waals surface area contributed by atoms with Crippen LogP contribution in [0.15, 0.2) is 21.0 Å². The first-order valence-corrected chi connectivity index (χ1v) is 7.86. The third-order valence-corrected chi connectivity index (χ3v) is 4.81. The smallest absolute Gasteiger partial charge is 0.289 e. The van der Waals surface area contributed by atoms with E-state index in [0.717, 1.165) is 18.6 Å². The van der Waals surface area contributed by atoms with Crippen LogP contribution >= 0.6 is 0 Å². The van der Waals surface area contributed by atoms with Crippen LogP contribution in [-0.4, -0.2) is 46.8 Å². The molecule has 1 amide bonds. The zero-order valence-electron chi connectivity index (χ0n) is 13.2. The second kappa shape index (κ2) is 5.19. The molecule has 0 aliphatic carbocycles. The predicted molar refractivity (Wildman–Crippen MR) is 79.0 cm³/mol. The van der Waals surface area contributed by atoms with Crippen molar-refractivity contribution in [2.75, 3.05) is 19.7 Å². The van der Waals surface area contributed by atoms with Crippen molar-refractivity contribution >= 4 is 5.91 Å². The zero-order valence-corrected chi connectivity index (χ0v) is 13.2. The minimum Gasteiger partial charge on any atom is -0.456 e. The summed E-state index contributed by atoms with van der Waals surface area (Å²) in [6, 6.07) is 3.52. The van der Waals surface area contributed by atoms with E-state index >= 15 is 0 Å². The lowest BCUT2D eigenvalue weighted by Gasteiger charge is -2.41. The van der Waals surface area contributed by atoms with Crippen LogP contribution in [-0.2, 0) is 10.2 Å². The molecule has 2 fully saturated rings. The topological polar surface area (TPSA) is 81.6 Å². The van der Waals surface area contributed by atoms with Gasteiger partial charge in [0.1, 0.15) is 5.76 Å². The van der Waals surface area contributed by atoms with Crippen molar-refractivity contribution in [2.45, 2.75) is 38.2 Å². The standard InChI is InChI=1S/C16H19N3O4/c1-10-3-4-12(22-10)14(20)19-7-5-13-16(9-19,6-8-21-13)15-18-17-11(2)23-15/h3-4,13H,5-9H2,1-2H3/t13-,16-/m1/s1.